The summed E-state index contributed by atoms with van der Waals surface area (Å²) in [6.07, 6.45) is 3.82. The fraction of sp³-hybridized carbons (Fsp3) is 0.455. The van der Waals surface area contributed by atoms with Crippen molar-refractivity contribution in [3.63, 3.8) is 0 Å². The van der Waals surface area contributed by atoms with Crippen LogP contribution in [0.3, 0.4) is 0 Å². The van der Waals surface area contributed by atoms with Gasteiger partial charge in [0.05, 0.1) is 0 Å². The number of hydrogen-bond acceptors (Lipinski definition) is 3. The highest BCUT2D eigenvalue weighted by atomic mass is 16.8. The van der Waals surface area contributed by atoms with Crippen LogP contribution in [0.5, 0.6) is 0 Å². The summed E-state index contributed by atoms with van der Waals surface area (Å²) in [5.41, 5.74) is 2.32. The first-order valence-electron chi connectivity index (χ1n) is 9.30. The average molecular weight is 336 g/mol. The second-order valence-electron chi connectivity index (χ2n) is 7.98. The molecule has 2 bridgehead atoms. The third kappa shape index (κ3) is 2.37. The summed E-state index contributed by atoms with van der Waals surface area (Å²) >= 11 is 0. The summed E-state index contributed by atoms with van der Waals surface area (Å²) in [4.78, 5) is 0. The first kappa shape index (κ1) is 15.6. The summed E-state index contributed by atoms with van der Waals surface area (Å²) in [6, 6.07) is 20.8. The van der Waals surface area contributed by atoms with E-state index in [4.69, 9.17) is 9.47 Å². The predicted molar refractivity (Wildman–Crippen MR) is 94.7 cm³/mol. The fourth-order valence-corrected chi connectivity index (χ4v) is 5.24. The Morgan fingerprint density at radius 3 is 1.92 bits per heavy atom. The minimum Gasteiger partial charge on any atom is -0.396 e. The molecule has 0 aromatic heterocycles. The van der Waals surface area contributed by atoms with Crippen molar-refractivity contribution in [3.05, 3.63) is 71.8 Å². The maximum Gasteiger partial charge on any atom is 0.173 e. The van der Waals surface area contributed by atoms with Crippen LogP contribution in [0, 0.1) is 11.3 Å². The van der Waals surface area contributed by atoms with Crippen molar-refractivity contribution < 1.29 is 14.6 Å². The lowest BCUT2D eigenvalue weighted by Gasteiger charge is -2.35. The molecule has 3 aliphatic rings. The van der Waals surface area contributed by atoms with Crippen molar-refractivity contribution in [2.24, 2.45) is 11.3 Å². The van der Waals surface area contributed by atoms with Crippen LogP contribution in [0.2, 0.25) is 0 Å². The molecule has 3 fully saturated rings. The van der Waals surface area contributed by atoms with Gasteiger partial charge >= 0.3 is 0 Å². The van der Waals surface area contributed by atoms with E-state index in [9.17, 15) is 5.11 Å². The SMILES string of the molecule is OC[C@]12CC[C@H](C1)C1(C2)O[C@@H](c2ccccc2)[C@H](c2ccccc2)O1. The van der Waals surface area contributed by atoms with Crippen LogP contribution in [-0.4, -0.2) is 17.5 Å². The molecule has 4 atom stereocenters. The molecule has 1 aliphatic heterocycles. The molecule has 130 valence electrons. The smallest absolute Gasteiger partial charge is 0.173 e. The first-order chi connectivity index (χ1) is 12.2. The Morgan fingerprint density at radius 2 is 1.44 bits per heavy atom. The van der Waals surface area contributed by atoms with Gasteiger partial charge in [-0.05, 0) is 35.8 Å². The number of hydrogen-bond donors (Lipinski definition) is 1. The molecule has 2 aromatic rings. The van der Waals surface area contributed by atoms with Crippen molar-refractivity contribution in [1.82, 2.24) is 0 Å². The van der Waals surface area contributed by atoms with Gasteiger partial charge in [-0.25, -0.2) is 0 Å². The van der Waals surface area contributed by atoms with Crippen molar-refractivity contribution in [2.45, 2.75) is 43.7 Å². The fourth-order valence-electron chi connectivity index (χ4n) is 5.24. The van der Waals surface area contributed by atoms with Gasteiger partial charge in [-0.2, -0.15) is 0 Å². The number of ether oxygens (including phenoxy) is 2. The van der Waals surface area contributed by atoms with E-state index in [0.29, 0.717) is 5.92 Å². The standard InChI is InChI=1S/C22H24O3/c23-15-21-12-11-18(13-21)22(14-21)24-19(16-7-3-1-4-8-16)20(25-22)17-9-5-2-6-10-17/h1-10,18-20,23H,11-15H2/t18-,19+,20+,21-/m1/s1. The summed E-state index contributed by atoms with van der Waals surface area (Å²) < 4.78 is 13.4. The van der Waals surface area contributed by atoms with Crippen molar-refractivity contribution in [2.75, 3.05) is 6.61 Å². The molecule has 2 aromatic carbocycles. The lowest BCUT2D eigenvalue weighted by atomic mass is 9.83. The zero-order chi connectivity index (χ0) is 16.9. The van der Waals surface area contributed by atoms with Crippen molar-refractivity contribution in [1.29, 1.82) is 0 Å². The van der Waals surface area contributed by atoms with Crippen LogP contribution < -0.4 is 0 Å². The molecule has 0 unspecified atom stereocenters. The second-order valence-corrected chi connectivity index (χ2v) is 7.98. The molecule has 2 saturated carbocycles. The molecule has 3 heteroatoms. The lowest BCUT2D eigenvalue weighted by molar-refractivity contribution is -0.214. The van der Waals surface area contributed by atoms with Gasteiger partial charge in [0.1, 0.15) is 12.2 Å². The molecule has 2 aliphatic carbocycles. The van der Waals surface area contributed by atoms with E-state index in [0.717, 1.165) is 36.8 Å². The normalized spacial score (nSPS) is 35.5. The van der Waals surface area contributed by atoms with E-state index >= 15 is 0 Å². The van der Waals surface area contributed by atoms with E-state index < -0.39 is 5.79 Å². The average Bonchev–Trinajstić information content (AvgIpc) is 3.35. The molecule has 5 rings (SSSR count). The third-order valence-corrected chi connectivity index (χ3v) is 6.47. The summed E-state index contributed by atoms with van der Waals surface area (Å²) in [5.74, 6) is -0.151. The predicted octanol–water partition coefficient (Wildman–Crippen LogP) is 4.39. The zero-order valence-electron chi connectivity index (χ0n) is 14.3. The van der Waals surface area contributed by atoms with E-state index in [1.807, 2.05) is 12.1 Å². The van der Waals surface area contributed by atoms with Gasteiger partial charge in [0.25, 0.3) is 0 Å². The Balaban J connectivity index is 1.54. The van der Waals surface area contributed by atoms with Gasteiger partial charge in [-0.15, -0.1) is 0 Å². The Kier molecular flexibility index (Phi) is 3.53. The minimum atomic E-state index is -0.540. The summed E-state index contributed by atoms with van der Waals surface area (Å²) in [6.45, 7) is 0.240. The molecule has 1 spiro atoms. The van der Waals surface area contributed by atoms with Crippen LogP contribution in [0.25, 0.3) is 0 Å². The molecule has 1 heterocycles. The van der Waals surface area contributed by atoms with E-state index in [1.54, 1.807) is 0 Å². The lowest BCUT2D eigenvalue weighted by Crippen LogP contribution is -2.39. The van der Waals surface area contributed by atoms with Gasteiger partial charge in [-0.1, -0.05) is 60.7 Å². The summed E-state index contributed by atoms with van der Waals surface area (Å²) in [7, 11) is 0. The Labute approximate surface area is 148 Å². The molecule has 3 nitrogen and oxygen atoms in total. The van der Waals surface area contributed by atoms with Crippen molar-refractivity contribution >= 4 is 0 Å². The molecule has 25 heavy (non-hydrogen) atoms. The minimum absolute atomic E-state index is 0.00250. The van der Waals surface area contributed by atoms with E-state index in [1.165, 1.54) is 0 Å². The third-order valence-electron chi connectivity index (χ3n) is 6.47. The van der Waals surface area contributed by atoms with Gasteiger partial charge in [0, 0.05) is 18.9 Å². The number of fused-ring (bicyclic) bond motifs is 3. The van der Waals surface area contributed by atoms with Gasteiger partial charge in [0.15, 0.2) is 5.79 Å². The maximum absolute atomic E-state index is 9.94. The number of benzene rings is 2. The quantitative estimate of drug-likeness (QED) is 0.903. The van der Waals surface area contributed by atoms with Gasteiger partial charge in [0.2, 0.25) is 0 Å². The molecule has 1 N–H and O–H groups in total. The Morgan fingerprint density at radius 1 is 0.880 bits per heavy atom. The highest BCUT2D eigenvalue weighted by molar-refractivity contribution is 5.27. The van der Waals surface area contributed by atoms with Gasteiger partial charge < -0.3 is 14.6 Å². The van der Waals surface area contributed by atoms with E-state index in [-0.39, 0.29) is 24.2 Å². The molecular weight excluding hydrogens is 312 g/mol. The zero-order valence-corrected chi connectivity index (χ0v) is 14.3. The molecule has 1 saturated heterocycles. The molecule has 0 amide bonds. The Hall–Kier alpha value is -1.68. The topological polar surface area (TPSA) is 38.7 Å². The highest BCUT2D eigenvalue weighted by Gasteiger charge is 2.65. The van der Waals surface area contributed by atoms with Crippen LogP contribution in [0.15, 0.2) is 60.7 Å². The Bertz CT molecular complexity index is 697. The van der Waals surface area contributed by atoms with Gasteiger partial charge in [-0.3, -0.25) is 0 Å². The van der Waals surface area contributed by atoms with Crippen LogP contribution in [-0.2, 0) is 9.47 Å². The van der Waals surface area contributed by atoms with Crippen LogP contribution in [0.4, 0.5) is 0 Å². The molecular formula is C22H24O3. The number of rotatable bonds is 3. The number of aliphatic hydroxyl groups excluding tert-OH is 1. The van der Waals surface area contributed by atoms with Crippen LogP contribution in [0.1, 0.15) is 49.0 Å². The second kappa shape index (κ2) is 5.66. The monoisotopic (exact) mass is 336 g/mol. The van der Waals surface area contributed by atoms with Crippen LogP contribution >= 0.6 is 0 Å². The van der Waals surface area contributed by atoms with Crippen molar-refractivity contribution in [3.8, 4) is 0 Å². The molecule has 0 radical (unpaired) electrons. The maximum atomic E-state index is 9.94. The largest absolute Gasteiger partial charge is 0.396 e. The first-order valence-corrected chi connectivity index (χ1v) is 9.30. The highest BCUT2D eigenvalue weighted by Crippen LogP contribution is 2.65. The number of aliphatic hydroxyl groups is 1. The summed E-state index contributed by atoms with van der Waals surface area (Å²) in [5, 5.41) is 9.94. The van der Waals surface area contributed by atoms with E-state index in [2.05, 4.69) is 48.5 Å².